The zero-order valence-corrected chi connectivity index (χ0v) is 17.3. The first-order valence-corrected chi connectivity index (χ1v) is 10.9. The van der Waals surface area contributed by atoms with Crippen LogP contribution in [0, 0.1) is 6.92 Å². The lowest BCUT2D eigenvalue weighted by Crippen LogP contribution is -2.16. The summed E-state index contributed by atoms with van der Waals surface area (Å²) in [4.78, 5) is 28.4. The van der Waals surface area contributed by atoms with Gasteiger partial charge in [-0.05, 0) is 31.9 Å². The number of aromatic nitrogens is 5. The summed E-state index contributed by atoms with van der Waals surface area (Å²) in [5, 5.41) is 0.730. The molecule has 4 aromatic rings. The number of benzene rings is 1. The summed E-state index contributed by atoms with van der Waals surface area (Å²) in [7, 11) is 0. The summed E-state index contributed by atoms with van der Waals surface area (Å²) in [5.41, 5.74) is 2.49. The van der Waals surface area contributed by atoms with Gasteiger partial charge < -0.3 is 18.7 Å². The summed E-state index contributed by atoms with van der Waals surface area (Å²) in [6, 6.07) is 9.83. The molecule has 0 aliphatic carbocycles. The number of nitrogens with zero attached hydrogens (tertiary/aromatic N) is 4. The average molecular weight is 423 g/mol. The van der Waals surface area contributed by atoms with Crippen molar-refractivity contribution in [3.63, 3.8) is 0 Å². The molecule has 0 saturated carbocycles. The number of thioether (sulfide) groups is 1. The third-order valence-electron chi connectivity index (χ3n) is 5.16. The van der Waals surface area contributed by atoms with Gasteiger partial charge in [0.05, 0.1) is 24.7 Å². The zero-order valence-electron chi connectivity index (χ0n) is 16.5. The molecule has 9 heteroatoms. The van der Waals surface area contributed by atoms with Crippen molar-refractivity contribution in [3.05, 3.63) is 58.5 Å². The number of aryl methyl sites for hydroxylation is 1. The van der Waals surface area contributed by atoms with E-state index >= 15 is 0 Å². The highest BCUT2D eigenvalue weighted by Gasteiger charge is 2.22. The Morgan fingerprint density at radius 1 is 1.27 bits per heavy atom. The van der Waals surface area contributed by atoms with Gasteiger partial charge in [0.2, 0.25) is 5.89 Å². The van der Waals surface area contributed by atoms with Crippen molar-refractivity contribution in [1.82, 2.24) is 24.5 Å². The van der Waals surface area contributed by atoms with E-state index in [0.717, 1.165) is 41.6 Å². The number of oxazole rings is 1. The number of imidazole rings is 1. The molecule has 1 aliphatic heterocycles. The number of H-pyrrole nitrogens is 1. The fraction of sp³-hybridized carbons (Fsp3) is 0.333. The SMILES string of the molecule is Cc1oc(-c2ccccc2)nc1CSc1nc2c(=O)[nH]cnc2n1CC1CCCO1. The third kappa shape index (κ3) is 3.66. The number of ether oxygens (including phenoxy) is 1. The molecule has 5 rings (SSSR count). The number of fused-ring (bicyclic) bond motifs is 1. The second-order valence-corrected chi connectivity index (χ2v) is 8.16. The largest absolute Gasteiger partial charge is 0.441 e. The predicted octanol–water partition coefficient (Wildman–Crippen LogP) is 3.55. The van der Waals surface area contributed by atoms with E-state index in [1.54, 1.807) is 0 Å². The average Bonchev–Trinajstić information content (AvgIpc) is 3.48. The summed E-state index contributed by atoms with van der Waals surface area (Å²) in [6.45, 7) is 3.31. The number of hydrogen-bond donors (Lipinski definition) is 1. The standard InChI is InChI=1S/C21H21N5O3S/c1-13-16(24-20(29-13)14-6-3-2-4-7-14)11-30-21-25-17-18(22-12-23-19(17)27)26(21)10-15-8-5-9-28-15/h2-4,6-7,12,15H,5,8-11H2,1H3,(H,22,23,27). The Kier molecular flexibility index (Phi) is 5.14. The molecule has 30 heavy (non-hydrogen) atoms. The van der Waals surface area contributed by atoms with Crippen LogP contribution in [0.5, 0.6) is 0 Å². The topological polar surface area (TPSA) is 98.8 Å². The smallest absolute Gasteiger partial charge is 0.278 e. The van der Waals surface area contributed by atoms with Crippen LogP contribution in [-0.2, 0) is 17.0 Å². The molecule has 1 saturated heterocycles. The molecule has 154 valence electrons. The Morgan fingerprint density at radius 3 is 2.93 bits per heavy atom. The number of aromatic amines is 1. The van der Waals surface area contributed by atoms with Gasteiger partial charge in [0.1, 0.15) is 5.76 Å². The summed E-state index contributed by atoms with van der Waals surface area (Å²) >= 11 is 1.52. The quantitative estimate of drug-likeness (QED) is 0.474. The lowest BCUT2D eigenvalue weighted by Gasteiger charge is -2.13. The van der Waals surface area contributed by atoms with Crippen LogP contribution in [0.3, 0.4) is 0 Å². The summed E-state index contributed by atoms with van der Waals surface area (Å²) < 4.78 is 13.6. The first-order valence-electron chi connectivity index (χ1n) is 9.89. The van der Waals surface area contributed by atoms with Crippen LogP contribution in [0.2, 0.25) is 0 Å². The molecule has 1 aliphatic rings. The monoisotopic (exact) mass is 423 g/mol. The Morgan fingerprint density at radius 2 is 2.13 bits per heavy atom. The minimum Gasteiger partial charge on any atom is -0.441 e. The van der Waals surface area contributed by atoms with E-state index in [4.69, 9.17) is 9.15 Å². The van der Waals surface area contributed by atoms with E-state index < -0.39 is 0 Å². The van der Waals surface area contributed by atoms with Crippen molar-refractivity contribution >= 4 is 22.9 Å². The van der Waals surface area contributed by atoms with Crippen LogP contribution < -0.4 is 5.56 Å². The van der Waals surface area contributed by atoms with Gasteiger partial charge in [0, 0.05) is 17.9 Å². The van der Waals surface area contributed by atoms with E-state index in [1.807, 2.05) is 41.8 Å². The van der Waals surface area contributed by atoms with E-state index in [2.05, 4.69) is 19.9 Å². The van der Waals surface area contributed by atoms with Crippen molar-refractivity contribution < 1.29 is 9.15 Å². The molecule has 8 nitrogen and oxygen atoms in total. The van der Waals surface area contributed by atoms with Crippen molar-refractivity contribution in [2.45, 2.75) is 43.3 Å². The highest BCUT2D eigenvalue weighted by molar-refractivity contribution is 7.98. The van der Waals surface area contributed by atoms with Crippen LogP contribution >= 0.6 is 11.8 Å². The molecule has 0 amide bonds. The second kappa shape index (κ2) is 8.08. The van der Waals surface area contributed by atoms with Crippen molar-refractivity contribution in [1.29, 1.82) is 0 Å². The van der Waals surface area contributed by atoms with E-state index in [1.165, 1.54) is 18.1 Å². The lowest BCUT2D eigenvalue weighted by atomic mass is 10.2. The summed E-state index contributed by atoms with van der Waals surface area (Å²) in [5.74, 6) is 1.96. The molecule has 1 N–H and O–H groups in total. The Bertz CT molecular complexity index is 1220. The Labute approximate surface area is 176 Å². The molecule has 1 aromatic carbocycles. The van der Waals surface area contributed by atoms with Crippen molar-refractivity contribution in [3.8, 4) is 11.5 Å². The van der Waals surface area contributed by atoms with Crippen molar-refractivity contribution in [2.24, 2.45) is 0 Å². The minimum atomic E-state index is -0.239. The molecule has 0 radical (unpaired) electrons. The first kappa shape index (κ1) is 19.1. The van der Waals surface area contributed by atoms with Gasteiger partial charge in [-0.25, -0.2) is 15.0 Å². The molecule has 1 atom stereocenters. The molecule has 3 aromatic heterocycles. The molecular weight excluding hydrogens is 402 g/mol. The van der Waals surface area contributed by atoms with E-state index in [9.17, 15) is 4.79 Å². The van der Waals surface area contributed by atoms with Gasteiger partial charge in [-0.1, -0.05) is 30.0 Å². The normalized spacial score (nSPS) is 16.5. The number of rotatable bonds is 6. The first-order chi connectivity index (χ1) is 14.7. The van der Waals surface area contributed by atoms with Crippen LogP contribution in [0.15, 0.2) is 51.0 Å². The molecule has 1 fully saturated rings. The van der Waals surface area contributed by atoms with Gasteiger partial charge in [0.15, 0.2) is 16.3 Å². The van der Waals surface area contributed by atoms with Crippen molar-refractivity contribution in [2.75, 3.05) is 6.61 Å². The fourth-order valence-electron chi connectivity index (χ4n) is 3.59. The molecule has 0 spiro atoms. The maximum Gasteiger partial charge on any atom is 0.278 e. The molecular formula is C21H21N5O3S. The maximum atomic E-state index is 12.2. The van der Waals surface area contributed by atoms with Gasteiger partial charge in [-0.15, -0.1) is 0 Å². The third-order valence-corrected chi connectivity index (χ3v) is 6.15. The minimum absolute atomic E-state index is 0.112. The Hall–Kier alpha value is -2.91. The van der Waals surface area contributed by atoms with Crippen LogP contribution in [0.25, 0.3) is 22.6 Å². The second-order valence-electron chi connectivity index (χ2n) is 7.22. The van der Waals surface area contributed by atoms with Gasteiger partial charge in [-0.3, -0.25) is 4.79 Å². The summed E-state index contributed by atoms with van der Waals surface area (Å²) in [6.07, 6.45) is 3.58. The fourth-order valence-corrected chi connectivity index (χ4v) is 4.60. The van der Waals surface area contributed by atoms with E-state index in [-0.39, 0.29) is 11.7 Å². The number of hydrogen-bond acceptors (Lipinski definition) is 7. The molecule has 1 unspecified atom stereocenters. The Balaban J connectivity index is 1.43. The zero-order chi connectivity index (χ0) is 20.5. The van der Waals surface area contributed by atoms with Crippen LogP contribution in [-0.4, -0.2) is 37.2 Å². The predicted molar refractivity (Wildman–Crippen MR) is 113 cm³/mol. The lowest BCUT2D eigenvalue weighted by molar-refractivity contribution is 0.0958. The van der Waals surface area contributed by atoms with E-state index in [0.29, 0.717) is 29.4 Å². The van der Waals surface area contributed by atoms with Gasteiger partial charge in [-0.2, -0.15) is 0 Å². The van der Waals surface area contributed by atoms with Crippen LogP contribution in [0.4, 0.5) is 0 Å². The highest BCUT2D eigenvalue weighted by Crippen LogP contribution is 2.29. The number of nitrogens with one attached hydrogen (secondary N) is 1. The van der Waals surface area contributed by atoms with Gasteiger partial charge >= 0.3 is 0 Å². The van der Waals surface area contributed by atoms with Crippen LogP contribution in [0.1, 0.15) is 24.3 Å². The highest BCUT2D eigenvalue weighted by atomic mass is 32.2. The van der Waals surface area contributed by atoms with Gasteiger partial charge in [0.25, 0.3) is 5.56 Å². The maximum absolute atomic E-state index is 12.2. The molecule has 0 bridgehead atoms. The molecule has 4 heterocycles.